The molecular formula is C20H28N3O2S+. The van der Waals surface area contributed by atoms with Gasteiger partial charge in [0.05, 0.1) is 37.6 Å². The average molecular weight is 375 g/mol. The summed E-state index contributed by atoms with van der Waals surface area (Å²) in [4.78, 5) is 4.33. The van der Waals surface area contributed by atoms with E-state index in [2.05, 4.69) is 16.5 Å². The van der Waals surface area contributed by atoms with E-state index in [1.807, 2.05) is 50.2 Å². The SMILES string of the molecule is CC[NH+]1CCN(c2ccc(NS(=O)(=O)c3ccc(C)cc3C)cc2)CC1. The van der Waals surface area contributed by atoms with Gasteiger partial charge in [0.15, 0.2) is 0 Å². The van der Waals surface area contributed by atoms with Crippen LogP contribution in [0.1, 0.15) is 18.1 Å². The first-order valence-electron chi connectivity index (χ1n) is 9.17. The number of nitrogens with one attached hydrogen (secondary N) is 2. The van der Waals surface area contributed by atoms with Crippen LogP contribution >= 0.6 is 0 Å². The molecule has 0 unspecified atom stereocenters. The van der Waals surface area contributed by atoms with Crippen molar-refractivity contribution >= 4 is 21.4 Å². The fraction of sp³-hybridized carbons (Fsp3) is 0.400. The molecule has 1 aliphatic rings. The van der Waals surface area contributed by atoms with Gasteiger partial charge in [0.1, 0.15) is 0 Å². The number of anilines is 2. The zero-order valence-electron chi connectivity index (χ0n) is 15.7. The standard InChI is InChI=1S/C20H27N3O2S/c1-4-22-11-13-23(14-12-22)19-8-6-18(7-9-19)21-26(24,25)20-10-5-16(2)15-17(20)3/h5-10,15,21H,4,11-14H2,1-3H3/p+1. The number of hydrogen-bond donors (Lipinski definition) is 2. The van der Waals surface area contributed by atoms with Crippen molar-refractivity contribution in [3.05, 3.63) is 53.6 Å². The summed E-state index contributed by atoms with van der Waals surface area (Å²) in [6, 6.07) is 13.0. The molecule has 1 fully saturated rings. The second-order valence-corrected chi connectivity index (χ2v) is 8.66. The van der Waals surface area contributed by atoms with Crippen molar-refractivity contribution in [1.82, 2.24) is 0 Å². The van der Waals surface area contributed by atoms with E-state index in [9.17, 15) is 8.42 Å². The zero-order valence-corrected chi connectivity index (χ0v) is 16.6. The van der Waals surface area contributed by atoms with Crippen LogP contribution in [0.3, 0.4) is 0 Å². The fourth-order valence-electron chi connectivity index (χ4n) is 3.49. The highest BCUT2D eigenvalue weighted by Gasteiger charge is 2.20. The van der Waals surface area contributed by atoms with E-state index < -0.39 is 10.0 Å². The number of aryl methyl sites for hydroxylation is 2. The third kappa shape index (κ3) is 4.19. The molecule has 2 aromatic rings. The van der Waals surface area contributed by atoms with Crippen LogP contribution in [0.25, 0.3) is 0 Å². The molecule has 0 aromatic heterocycles. The molecule has 2 aromatic carbocycles. The van der Waals surface area contributed by atoms with Gasteiger partial charge in [0.2, 0.25) is 0 Å². The van der Waals surface area contributed by atoms with Crippen LogP contribution in [0, 0.1) is 13.8 Å². The number of piperazine rings is 1. The van der Waals surface area contributed by atoms with Crippen molar-refractivity contribution in [1.29, 1.82) is 0 Å². The van der Waals surface area contributed by atoms with E-state index in [4.69, 9.17) is 0 Å². The Morgan fingerprint density at radius 3 is 2.27 bits per heavy atom. The van der Waals surface area contributed by atoms with Gasteiger partial charge in [0, 0.05) is 11.4 Å². The van der Waals surface area contributed by atoms with Gasteiger partial charge < -0.3 is 9.80 Å². The van der Waals surface area contributed by atoms with Crippen LogP contribution in [-0.4, -0.2) is 41.1 Å². The van der Waals surface area contributed by atoms with Crippen LogP contribution < -0.4 is 14.5 Å². The summed E-state index contributed by atoms with van der Waals surface area (Å²) in [5.41, 5.74) is 3.54. The topological polar surface area (TPSA) is 53.9 Å². The Bertz CT molecular complexity index is 855. The number of quaternary nitrogens is 1. The first kappa shape index (κ1) is 18.7. The molecule has 1 saturated heterocycles. The smallest absolute Gasteiger partial charge is 0.262 e. The molecule has 6 heteroatoms. The summed E-state index contributed by atoms with van der Waals surface area (Å²) in [5, 5.41) is 0. The Balaban J connectivity index is 1.71. The number of likely N-dealkylation sites (N-methyl/N-ethyl adjacent to an activating group) is 1. The molecule has 0 saturated carbocycles. The van der Waals surface area contributed by atoms with Gasteiger partial charge in [-0.25, -0.2) is 8.42 Å². The molecule has 0 amide bonds. The Hall–Kier alpha value is -2.05. The van der Waals surface area contributed by atoms with Gasteiger partial charge >= 0.3 is 0 Å². The highest BCUT2D eigenvalue weighted by atomic mass is 32.2. The summed E-state index contributed by atoms with van der Waals surface area (Å²) in [5.74, 6) is 0. The molecule has 1 heterocycles. The molecule has 26 heavy (non-hydrogen) atoms. The van der Waals surface area contributed by atoms with E-state index in [1.54, 1.807) is 11.0 Å². The van der Waals surface area contributed by atoms with Gasteiger partial charge in [0.25, 0.3) is 10.0 Å². The van der Waals surface area contributed by atoms with E-state index in [-0.39, 0.29) is 0 Å². The lowest BCUT2D eigenvalue weighted by Gasteiger charge is -2.33. The molecule has 3 rings (SSSR count). The van der Waals surface area contributed by atoms with Crippen LogP contribution in [0.15, 0.2) is 47.4 Å². The second kappa shape index (κ2) is 7.68. The second-order valence-electron chi connectivity index (χ2n) is 7.01. The predicted octanol–water partition coefficient (Wildman–Crippen LogP) is 1.83. The number of sulfonamides is 1. The van der Waals surface area contributed by atoms with E-state index in [1.165, 1.54) is 6.54 Å². The molecule has 0 aliphatic carbocycles. The van der Waals surface area contributed by atoms with Gasteiger partial charge in [-0.1, -0.05) is 17.7 Å². The fourth-order valence-corrected chi connectivity index (χ4v) is 4.77. The Morgan fingerprint density at radius 2 is 1.69 bits per heavy atom. The molecular weight excluding hydrogens is 346 g/mol. The molecule has 0 atom stereocenters. The third-order valence-corrected chi connectivity index (χ3v) is 6.62. The van der Waals surface area contributed by atoms with Crippen LogP contribution in [0.4, 0.5) is 11.4 Å². The van der Waals surface area contributed by atoms with E-state index in [0.29, 0.717) is 10.6 Å². The molecule has 140 valence electrons. The lowest BCUT2D eigenvalue weighted by atomic mass is 10.2. The molecule has 0 bridgehead atoms. The lowest BCUT2D eigenvalue weighted by Crippen LogP contribution is -3.14. The number of hydrogen-bond acceptors (Lipinski definition) is 3. The van der Waals surface area contributed by atoms with Crippen molar-refractivity contribution < 1.29 is 13.3 Å². The lowest BCUT2D eigenvalue weighted by molar-refractivity contribution is -0.898. The summed E-state index contributed by atoms with van der Waals surface area (Å²) >= 11 is 0. The van der Waals surface area contributed by atoms with Gasteiger partial charge in [-0.2, -0.15) is 0 Å². The molecule has 0 spiro atoms. The van der Waals surface area contributed by atoms with Crippen LogP contribution in [0.2, 0.25) is 0 Å². The number of rotatable bonds is 5. The molecule has 1 aliphatic heterocycles. The van der Waals surface area contributed by atoms with Gasteiger partial charge in [-0.15, -0.1) is 0 Å². The molecule has 2 N–H and O–H groups in total. The largest absolute Gasteiger partial charge is 0.360 e. The summed E-state index contributed by atoms with van der Waals surface area (Å²) < 4.78 is 28.0. The highest BCUT2D eigenvalue weighted by Crippen LogP contribution is 2.23. The van der Waals surface area contributed by atoms with Crippen molar-refractivity contribution in [2.75, 3.05) is 42.3 Å². The number of nitrogens with zero attached hydrogens (tertiary/aromatic N) is 1. The maximum atomic E-state index is 12.7. The zero-order chi connectivity index (χ0) is 18.7. The van der Waals surface area contributed by atoms with Gasteiger partial charge in [-0.3, -0.25) is 4.72 Å². The maximum Gasteiger partial charge on any atom is 0.262 e. The molecule has 5 nitrogen and oxygen atoms in total. The van der Waals surface area contributed by atoms with Crippen molar-refractivity contribution in [3.8, 4) is 0 Å². The summed E-state index contributed by atoms with van der Waals surface area (Å²) in [7, 11) is -3.58. The average Bonchev–Trinajstić information content (AvgIpc) is 2.62. The van der Waals surface area contributed by atoms with E-state index in [0.717, 1.165) is 43.0 Å². The van der Waals surface area contributed by atoms with Crippen molar-refractivity contribution in [2.45, 2.75) is 25.7 Å². The Morgan fingerprint density at radius 1 is 1.04 bits per heavy atom. The Kier molecular flexibility index (Phi) is 5.53. The molecule has 0 radical (unpaired) electrons. The van der Waals surface area contributed by atoms with Crippen LogP contribution in [0.5, 0.6) is 0 Å². The predicted molar refractivity (Wildman–Crippen MR) is 107 cm³/mol. The number of benzene rings is 2. The first-order chi connectivity index (χ1) is 12.4. The minimum Gasteiger partial charge on any atom is -0.360 e. The highest BCUT2D eigenvalue weighted by molar-refractivity contribution is 7.92. The third-order valence-electron chi connectivity index (χ3n) is 5.08. The normalized spacial score (nSPS) is 15.9. The van der Waals surface area contributed by atoms with Gasteiger partial charge in [-0.05, 0) is 56.7 Å². The van der Waals surface area contributed by atoms with E-state index >= 15 is 0 Å². The summed E-state index contributed by atoms with van der Waals surface area (Å²) in [6.07, 6.45) is 0. The quantitative estimate of drug-likeness (QED) is 0.840. The van der Waals surface area contributed by atoms with Crippen molar-refractivity contribution in [3.63, 3.8) is 0 Å². The summed E-state index contributed by atoms with van der Waals surface area (Å²) in [6.45, 7) is 11.6. The minimum atomic E-state index is -3.58. The van der Waals surface area contributed by atoms with Crippen LogP contribution in [-0.2, 0) is 10.0 Å². The minimum absolute atomic E-state index is 0.325. The Labute approximate surface area is 156 Å². The maximum absolute atomic E-state index is 12.7. The monoisotopic (exact) mass is 374 g/mol. The first-order valence-corrected chi connectivity index (χ1v) is 10.7. The van der Waals surface area contributed by atoms with Crippen molar-refractivity contribution in [2.24, 2.45) is 0 Å².